The molecule has 0 saturated heterocycles. The maximum atomic E-state index is 13.9. The lowest BCUT2D eigenvalue weighted by Gasteiger charge is -2.09. The molecule has 2 rings (SSSR count). The normalized spacial score (nSPS) is 10.5. The van der Waals surface area contributed by atoms with Gasteiger partial charge in [-0.2, -0.15) is 0 Å². The fourth-order valence-corrected chi connectivity index (χ4v) is 1.93. The third-order valence-electron chi connectivity index (χ3n) is 2.76. The van der Waals surface area contributed by atoms with Gasteiger partial charge in [0.25, 0.3) is 0 Å². The molecule has 0 atom stereocenters. The predicted octanol–water partition coefficient (Wildman–Crippen LogP) is 3.10. The molecule has 0 fully saturated rings. The molecular formula is C14H14FNO3. The second kappa shape index (κ2) is 5.14. The van der Waals surface area contributed by atoms with Crippen LogP contribution in [0.25, 0.3) is 16.7 Å². The van der Waals surface area contributed by atoms with Crippen molar-refractivity contribution in [1.29, 1.82) is 0 Å². The van der Waals surface area contributed by atoms with E-state index in [1.54, 1.807) is 13.0 Å². The van der Waals surface area contributed by atoms with E-state index in [0.717, 1.165) is 0 Å². The number of benzene rings is 1. The maximum Gasteiger partial charge on any atom is 0.354 e. The molecule has 1 aromatic heterocycles. The van der Waals surface area contributed by atoms with E-state index in [4.69, 9.17) is 4.74 Å². The molecule has 0 unspecified atom stereocenters. The number of ether oxygens (including phenoxy) is 2. The van der Waals surface area contributed by atoms with E-state index < -0.39 is 11.8 Å². The maximum absolute atomic E-state index is 13.9. The van der Waals surface area contributed by atoms with Gasteiger partial charge in [-0.25, -0.2) is 9.18 Å². The van der Waals surface area contributed by atoms with Crippen LogP contribution in [0, 0.1) is 5.82 Å². The number of aromatic nitrogens is 1. The second-order valence-corrected chi connectivity index (χ2v) is 3.91. The number of methoxy groups -OCH3 is 1. The minimum absolute atomic E-state index is 0.237. The monoisotopic (exact) mass is 263 g/mol. The van der Waals surface area contributed by atoms with E-state index in [1.165, 1.54) is 19.2 Å². The van der Waals surface area contributed by atoms with Crippen molar-refractivity contribution in [3.63, 3.8) is 0 Å². The van der Waals surface area contributed by atoms with E-state index in [9.17, 15) is 9.18 Å². The van der Waals surface area contributed by atoms with Gasteiger partial charge < -0.3 is 14.5 Å². The van der Waals surface area contributed by atoms with Crippen LogP contribution < -0.4 is 0 Å². The summed E-state index contributed by atoms with van der Waals surface area (Å²) in [5.41, 5.74) is 1.14. The van der Waals surface area contributed by atoms with Crippen molar-refractivity contribution in [3.8, 4) is 0 Å². The van der Waals surface area contributed by atoms with Crippen molar-refractivity contribution >= 4 is 22.6 Å². The van der Waals surface area contributed by atoms with Crippen molar-refractivity contribution in [3.05, 3.63) is 41.9 Å². The third kappa shape index (κ3) is 2.31. The number of nitrogens with one attached hydrogen (secondary N) is 1. The zero-order chi connectivity index (χ0) is 14.0. The molecule has 19 heavy (non-hydrogen) atoms. The first kappa shape index (κ1) is 13.1. The Bertz CT molecular complexity index is 645. The number of carbonyl (C=O) groups is 1. The summed E-state index contributed by atoms with van der Waals surface area (Å²) < 4.78 is 23.8. The summed E-state index contributed by atoms with van der Waals surface area (Å²) in [6.45, 7) is 5.89. The minimum atomic E-state index is -0.510. The van der Waals surface area contributed by atoms with E-state index in [0.29, 0.717) is 17.5 Å². The molecule has 4 nitrogen and oxygen atoms in total. The number of hydrogen-bond donors (Lipinski definition) is 1. The molecule has 0 spiro atoms. The summed E-state index contributed by atoms with van der Waals surface area (Å²) in [7, 11) is 1.29. The Hall–Kier alpha value is -2.30. The minimum Gasteiger partial charge on any atom is -0.494 e. The lowest BCUT2D eigenvalue weighted by Crippen LogP contribution is -2.00. The van der Waals surface area contributed by atoms with Crippen molar-refractivity contribution in [1.82, 2.24) is 4.98 Å². The van der Waals surface area contributed by atoms with Crippen molar-refractivity contribution in [2.45, 2.75) is 6.92 Å². The molecule has 0 bridgehead atoms. The Morgan fingerprint density at radius 2 is 2.21 bits per heavy atom. The third-order valence-corrected chi connectivity index (χ3v) is 2.76. The predicted molar refractivity (Wildman–Crippen MR) is 70.3 cm³/mol. The molecule has 5 heteroatoms. The zero-order valence-corrected chi connectivity index (χ0v) is 10.7. The van der Waals surface area contributed by atoms with E-state index >= 15 is 0 Å². The molecule has 2 aromatic rings. The first-order valence-corrected chi connectivity index (χ1v) is 5.80. The molecule has 1 heterocycles. The zero-order valence-electron chi connectivity index (χ0n) is 10.7. The lowest BCUT2D eigenvalue weighted by atomic mass is 10.1. The molecule has 0 amide bonds. The van der Waals surface area contributed by atoms with Crippen LogP contribution in [0.15, 0.2) is 24.8 Å². The highest BCUT2D eigenvalue weighted by atomic mass is 19.1. The Kier molecular flexibility index (Phi) is 3.55. The van der Waals surface area contributed by atoms with E-state index in [1.807, 2.05) is 0 Å². The Labute approximate surface area is 109 Å². The first-order chi connectivity index (χ1) is 9.08. The Balaban J connectivity index is 2.61. The number of fused-ring (bicyclic) bond motifs is 1. The number of carbonyl (C=O) groups excluding carboxylic acids is 1. The van der Waals surface area contributed by atoms with Crippen LogP contribution in [0.1, 0.15) is 23.0 Å². The topological polar surface area (TPSA) is 51.3 Å². The number of H-pyrrole nitrogens is 1. The molecule has 1 aromatic carbocycles. The number of halogens is 1. The molecule has 0 aliphatic rings. The molecule has 0 radical (unpaired) electrons. The largest absolute Gasteiger partial charge is 0.494 e. The summed E-state index contributed by atoms with van der Waals surface area (Å²) in [5, 5.41) is 0.541. The van der Waals surface area contributed by atoms with Gasteiger partial charge in [0.15, 0.2) is 0 Å². The summed E-state index contributed by atoms with van der Waals surface area (Å²) in [4.78, 5) is 14.3. The lowest BCUT2D eigenvalue weighted by molar-refractivity contribution is 0.0595. The summed E-state index contributed by atoms with van der Waals surface area (Å²) >= 11 is 0. The highest BCUT2D eigenvalue weighted by Gasteiger charge is 2.17. The number of aromatic amines is 1. The molecule has 100 valence electrons. The number of esters is 1. The van der Waals surface area contributed by atoms with Crippen LogP contribution in [0.4, 0.5) is 4.39 Å². The fraction of sp³-hybridized carbons (Fsp3) is 0.214. The van der Waals surface area contributed by atoms with Crippen molar-refractivity contribution in [2.75, 3.05) is 13.7 Å². The molecule has 1 N–H and O–H groups in total. The van der Waals surface area contributed by atoms with Crippen molar-refractivity contribution < 1.29 is 18.7 Å². The average molecular weight is 263 g/mol. The Morgan fingerprint density at radius 1 is 1.47 bits per heavy atom. The number of rotatable bonds is 4. The van der Waals surface area contributed by atoms with E-state index in [2.05, 4.69) is 16.3 Å². The SMILES string of the molecule is C=C(OCC)c1c(F)ccc2[nH]c(C(=O)OC)cc12. The van der Waals surface area contributed by atoms with Crippen LogP contribution in [-0.4, -0.2) is 24.7 Å². The quantitative estimate of drug-likeness (QED) is 0.681. The summed E-state index contributed by atoms with van der Waals surface area (Å²) in [5.74, 6) is -0.716. The summed E-state index contributed by atoms with van der Waals surface area (Å²) in [6.07, 6.45) is 0. The van der Waals surface area contributed by atoms with Gasteiger partial charge >= 0.3 is 5.97 Å². The molecule has 0 aliphatic carbocycles. The smallest absolute Gasteiger partial charge is 0.354 e. The van der Waals surface area contributed by atoms with Gasteiger partial charge in [0, 0.05) is 10.9 Å². The van der Waals surface area contributed by atoms with Crippen molar-refractivity contribution in [2.24, 2.45) is 0 Å². The molecular weight excluding hydrogens is 249 g/mol. The van der Waals surface area contributed by atoms with Gasteiger partial charge in [0.1, 0.15) is 17.3 Å². The van der Waals surface area contributed by atoms with Crippen LogP contribution in [0.2, 0.25) is 0 Å². The van der Waals surface area contributed by atoms with Crippen LogP contribution >= 0.6 is 0 Å². The molecule has 0 aliphatic heterocycles. The average Bonchev–Trinajstić information content (AvgIpc) is 2.81. The standard InChI is InChI=1S/C14H14FNO3/c1-4-19-8(2)13-9-7-12(14(17)18-3)16-11(9)6-5-10(13)15/h5-7,16H,2,4H2,1,3H3. The Morgan fingerprint density at radius 3 is 2.84 bits per heavy atom. The summed E-state index contributed by atoms with van der Waals surface area (Å²) in [6, 6.07) is 4.39. The van der Waals surface area contributed by atoms with E-state index in [-0.39, 0.29) is 17.0 Å². The van der Waals surface area contributed by atoms with Crippen LogP contribution in [0.5, 0.6) is 0 Å². The van der Waals surface area contributed by atoms with Gasteiger partial charge in [-0.1, -0.05) is 6.58 Å². The fourth-order valence-electron chi connectivity index (χ4n) is 1.93. The van der Waals surface area contributed by atoms with Gasteiger partial charge in [-0.3, -0.25) is 0 Å². The van der Waals surface area contributed by atoms with Crippen LogP contribution in [0.3, 0.4) is 0 Å². The van der Waals surface area contributed by atoms with Gasteiger partial charge in [-0.15, -0.1) is 0 Å². The van der Waals surface area contributed by atoms with Gasteiger partial charge in [0.05, 0.1) is 19.3 Å². The second-order valence-electron chi connectivity index (χ2n) is 3.91. The van der Waals surface area contributed by atoms with Gasteiger partial charge in [-0.05, 0) is 25.1 Å². The highest BCUT2D eigenvalue weighted by Crippen LogP contribution is 2.28. The first-order valence-electron chi connectivity index (χ1n) is 5.80. The van der Waals surface area contributed by atoms with Gasteiger partial charge in [0.2, 0.25) is 0 Å². The highest BCUT2D eigenvalue weighted by molar-refractivity contribution is 5.98. The number of hydrogen-bond acceptors (Lipinski definition) is 3. The van der Waals surface area contributed by atoms with Crippen LogP contribution in [-0.2, 0) is 9.47 Å². The molecule has 0 saturated carbocycles.